The third-order valence-electron chi connectivity index (χ3n) is 4.22. The first-order valence-corrected chi connectivity index (χ1v) is 8.73. The molecule has 0 bridgehead atoms. The number of anilines is 3. The van der Waals surface area contributed by atoms with Crippen molar-refractivity contribution in [3.63, 3.8) is 0 Å². The largest absolute Gasteiger partial charge is 0.419 e. The van der Waals surface area contributed by atoms with Crippen molar-refractivity contribution in [2.45, 2.75) is 13.1 Å². The summed E-state index contributed by atoms with van der Waals surface area (Å²) in [5.41, 5.74) is 4.15. The number of aryl methyl sites for hydroxylation is 1. The second-order valence-corrected chi connectivity index (χ2v) is 6.43. The van der Waals surface area contributed by atoms with Gasteiger partial charge in [0, 0.05) is 11.3 Å². The van der Waals surface area contributed by atoms with Crippen LogP contribution < -0.4 is 16.4 Å². The van der Waals surface area contributed by atoms with Crippen molar-refractivity contribution in [2.24, 2.45) is 0 Å². The van der Waals surface area contributed by atoms with Crippen molar-refractivity contribution in [3.05, 3.63) is 76.9 Å². The number of nitrogen functional groups attached to an aromatic ring is 1. The summed E-state index contributed by atoms with van der Waals surface area (Å²) >= 11 is 0. The summed E-state index contributed by atoms with van der Waals surface area (Å²) < 4.78 is 52.8. The van der Waals surface area contributed by atoms with Crippen LogP contribution in [0.15, 0.2) is 48.8 Å². The molecular weight excluding hydrogens is 418 g/mol. The molecule has 0 fully saturated rings. The molecule has 11 heteroatoms. The fourth-order valence-corrected chi connectivity index (χ4v) is 2.67. The van der Waals surface area contributed by atoms with Crippen molar-refractivity contribution in [2.75, 3.05) is 16.4 Å². The average molecular weight is 433 g/mol. The monoisotopic (exact) mass is 433 g/mol. The molecule has 1 heterocycles. The lowest BCUT2D eigenvalue weighted by Crippen LogP contribution is -2.18. The zero-order valence-corrected chi connectivity index (χ0v) is 15.9. The number of aromatic nitrogens is 2. The summed E-state index contributed by atoms with van der Waals surface area (Å²) in [6.07, 6.45) is -2.34. The predicted octanol–water partition coefficient (Wildman–Crippen LogP) is 4.03. The number of hydrogen-bond donors (Lipinski definition) is 3. The highest BCUT2D eigenvalue weighted by molar-refractivity contribution is 6.08. The van der Waals surface area contributed by atoms with Crippen molar-refractivity contribution in [3.8, 4) is 0 Å². The molecule has 0 aliphatic carbocycles. The number of nitrogens with two attached hydrogens (primary N) is 1. The molecule has 2 aromatic carbocycles. The van der Waals surface area contributed by atoms with E-state index in [9.17, 15) is 27.2 Å². The zero-order chi connectivity index (χ0) is 22.8. The second-order valence-electron chi connectivity index (χ2n) is 6.43. The SMILES string of the molecule is Cc1ccc(NC(=O)c2cccc(C(F)(F)F)c2F)cc1C(=O)Nc1cnc(N)nc1. The number of rotatable bonds is 4. The smallest absolute Gasteiger partial charge is 0.368 e. The standard InChI is InChI=1S/C20H15F4N5O2/c1-10-5-6-11(7-14(10)18(31)29-12-8-26-19(25)27-9-12)28-17(30)13-3-2-4-15(16(13)21)20(22,23)24/h2-9H,1H3,(H,28,30)(H,29,31)(H2,25,26,27). The van der Waals surface area contributed by atoms with Gasteiger partial charge in [0.15, 0.2) is 0 Å². The van der Waals surface area contributed by atoms with E-state index in [1.54, 1.807) is 6.92 Å². The molecule has 3 rings (SSSR count). The Labute approximate surface area is 173 Å². The Balaban J connectivity index is 1.83. The van der Waals surface area contributed by atoms with E-state index in [2.05, 4.69) is 20.6 Å². The molecule has 0 aliphatic heterocycles. The second kappa shape index (κ2) is 8.38. The molecule has 0 aliphatic rings. The van der Waals surface area contributed by atoms with Crippen LogP contribution in [-0.4, -0.2) is 21.8 Å². The number of halogens is 4. The van der Waals surface area contributed by atoms with Gasteiger partial charge in [0.2, 0.25) is 5.95 Å². The molecule has 0 saturated heterocycles. The maximum absolute atomic E-state index is 14.2. The summed E-state index contributed by atoms with van der Waals surface area (Å²) in [6, 6.07) is 6.67. The van der Waals surface area contributed by atoms with Crippen LogP contribution in [0.2, 0.25) is 0 Å². The highest BCUT2D eigenvalue weighted by Crippen LogP contribution is 2.32. The van der Waals surface area contributed by atoms with Crippen LogP contribution in [0.5, 0.6) is 0 Å². The molecule has 4 N–H and O–H groups in total. The van der Waals surface area contributed by atoms with E-state index in [0.717, 1.165) is 12.1 Å². The minimum Gasteiger partial charge on any atom is -0.368 e. The number of alkyl halides is 3. The van der Waals surface area contributed by atoms with Gasteiger partial charge in [-0.3, -0.25) is 9.59 Å². The van der Waals surface area contributed by atoms with Crippen LogP contribution in [0.25, 0.3) is 0 Å². The van der Waals surface area contributed by atoms with Crippen LogP contribution in [0, 0.1) is 12.7 Å². The molecule has 1 aromatic heterocycles. The Morgan fingerprint density at radius 1 is 0.935 bits per heavy atom. The maximum atomic E-state index is 14.2. The molecule has 0 spiro atoms. The lowest BCUT2D eigenvalue weighted by Gasteiger charge is -2.13. The van der Waals surface area contributed by atoms with E-state index < -0.39 is 34.9 Å². The molecule has 0 unspecified atom stereocenters. The third-order valence-corrected chi connectivity index (χ3v) is 4.22. The molecule has 2 amide bonds. The summed E-state index contributed by atoms with van der Waals surface area (Å²) in [6.45, 7) is 1.65. The van der Waals surface area contributed by atoms with Gasteiger partial charge in [-0.2, -0.15) is 13.2 Å². The van der Waals surface area contributed by atoms with E-state index in [1.165, 1.54) is 30.6 Å². The molecule has 7 nitrogen and oxygen atoms in total. The number of carbonyl (C=O) groups is 2. The fourth-order valence-electron chi connectivity index (χ4n) is 2.67. The minimum atomic E-state index is -4.94. The highest BCUT2D eigenvalue weighted by Gasteiger charge is 2.35. The lowest BCUT2D eigenvalue weighted by molar-refractivity contribution is -0.140. The summed E-state index contributed by atoms with van der Waals surface area (Å²) in [5, 5.41) is 4.86. The molecule has 160 valence electrons. The fraction of sp³-hybridized carbons (Fsp3) is 0.100. The maximum Gasteiger partial charge on any atom is 0.419 e. The van der Waals surface area contributed by atoms with Crippen molar-refractivity contribution < 1.29 is 27.2 Å². The topological polar surface area (TPSA) is 110 Å². The number of amides is 2. The summed E-state index contributed by atoms with van der Waals surface area (Å²) in [4.78, 5) is 32.4. The van der Waals surface area contributed by atoms with Gasteiger partial charge in [-0.05, 0) is 36.8 Å². The Bertz CT molecular complexity index is 1150. The molecule has 3 aromatic rings. The van der Waals surface area contributed by atoms with Crippen molar-refractivity contribution in [1.82, 2.24) is 9.97 Å². The Morgan fingerprint density at radius 2 is 1.55 bits per heavy atom. The van der Waals surface area contributed by atoms with Gasteiger partial charge in [-0.1, -0.05) is 12.1 Å². The Morgan fingerprint density at radius 3 is 2.19 bits per heavy atom. The number of carbonyl (C=O) groups excluding carboxylic acids is 2. The molecular formula is C20H15F4N5O2. The number of nitrogens with one attached hydrogen (secondary N) is 2. The highest BCUT2D eigenvalue weighted by atomic mass is 19.4. The summed E-state index contributed by atoms with van der Waals surface area (Å²) in [7, 11) is 0. The first kappa shape index (κ1) is 21.7. The quantitative estimate of drug-likeness (QED) is 0.538. The lowest BCUT2D eigenvalue weighted by atomic mass is 10.1. The van der Waals surface area contributed by atoms with Crippen molar-refractivity contribution in [1.29, 1.82) is 0 Å². The normalized spacial score (nSPS) is 11.1. The first-order chi connectivity index (χ1) is 14.6. The molecule has 0 atom stereocenters. The van der Waals surface area contributed by atoms with Gasteiger partial charge in [-0.15, -0.1) is 0 Å². The predicted molar refractivity (Wildman–Crippen MR) is 105 cm³/mol. The molecule has 0 radical (unpaired) electrons. The van der Waals surface area contributed by atoms with Gasteiger partial charge >= 0.3 is 6.18 Å². The van der Waals surface area contributed by atoms with E-state index in [1.807, 2.05) is 0 Å². The van der Waals surface area contributed by atoms with Crippen LogP contribution in [0.4, 0.5) is 34.9 Å². The van der Waals surface area contributed by atoms with E-state index in [-0.39, 0.29) is 22.9 Å². The van der Waals surface area contributed by atoms with Gasteiger partial charge in [-0.25, -0.2) is 14.4 Å². The number of benzene rings is 2. The number of hydrogen-bond acceptors (Lipinski definition) is 5. The van der Waals surface area contributed by atoms with Gasteiger partial charge in [0.05, 0.1) is 29.2 Å². The van der Waals surface area contributed by atoms with Crippen LogP contribution in [0.1, 0.15) is 31.8 Å². The zero-order valence-electron chi connectivity index (χ0n) is 15.9. The van der Waals surface area contributed by atoms with Crippen LogP contribution in [-0.2, 0) is 6.18 Å². The van der Waals surface area contributed by atoms with Gasteiger partial charge in [0.1, 0.15) is 5.82 Å². The number of nitrogens with zero attached hydrogens (tertiary/aromatic N) is 2. The Hall–Kier alpha value is -4.02. The van der Waals surface area contributed by atoms with E-state index in [4.69, 9.17) is 5.73 Å². The average Bonchev–Trinajstić information content (AvgIpc) is 2.70. The molecule has 0 saturated carbocycles. The van der Waals surface area contributed by atoms with Crippen molar-refractivity contribution >= 4 is 29.1 Å². The van der Waals surface area contributed by atoms with Crippen LogP contribution in [0.3, 0.4) is 0 Å². The van der Waals surface area contributed by atoms with E-state index in [0.29, 0.717) is 11.6 Å². The Kier molecular flexibility index (Phi) is 5.86. The third kappa shape index (κ3) is 4.94. The van der Waals surface area contributed by atoms with Gasteiger partial charge in [0.25, 0.3) is 11.8 Å². The molecule has 31 heavy (non-hydrogen) atoms. The minimum absolute atomic E-state index is 0.0284. The van der Waals surface area contributed by atoms with Gasteiger partial charge < -0.3 is 16.4 Å². The van der Waals surface area contributed by atoms with E-state index >= 15 is 0 Å². The van der Waals surface area contributed by atoms with Crippen LogP contribution >= 0.6 is 0 Å². The summed E-state index contributed by atoms with van der Waals surface area (Å²) in [5.74, 6) is -3.29. The first-order valence-electron chi connectivity index (χ1n) is 8.73.